The third-order valence-corrected chi connectivity index (χ3v) is 3.74. The van der Waals surface area contributed by atoms with Crippen LogP contribution in [-0.4, -0.2) is 7.11 Å². The van der Waals surface area contributed by atoms with Crippen LogP contribution in [0.4, 0.5) is 0 Å². The second-order valence-corrected chi connectivity index (χ2v) is 4.69. The van der Waals surface area contributed by atoms with E-state index in [4.69, 9.17) is 16.3 Å². The first-order valence-electron chi connectivity index (χ1n) is 5.92. The van der Waals surface area contributed by atoms with Crippen LogP contribution in [-0.2, 0) is 0 Å². The van der Waals surface area contributed by atoms with E-state index in [1.807, 2.05) is 6.07 Å². The Morgan fingerprint density at radius 3 is 2.38 bits per heavy atom. The fourth-order valence-electron chi connectivity index (χ4n) is 2.03. The Balaban J connectivity index is 3.04. The molecule has 0 radical (unpaired) electrons. The minimum atomic E-state index is 0.0462. The van der Waals surface area contributed by atoms with Gasteiger partial charge in [0.15, 0.2) is 0 Å². The molecule has 0 N–H and O–H groups in total. The van der Waals surface area contributed by atoms with Crippen molar-refractivity contribution >= 4 is 11.6 Å². The summed E-state index contributed by atoms with van der Waals surface area (Å²) in [5.74, 6) is 1.41. The van der Waals surface area contributed by atoms with Crippen LogP contribution in [0, 0.1) is 12.8 Å². The molecule has 0 aliphatic heterocycles. The molecule has 0 amide bonds. The standard InChI is InChI=1S/C14H21ClO/c1-5-11(6-2)14(15)12-9-10(3)7-8-13(12)16-4/h7-9,11,14H,5-6H2,1-4H3. The van der Waals surface area contributed by atoms with Gasteiger partial charge in [0.1, 0.15) is 5.75 Å². The van der Waals surface area contributed by atoms with Crippen LogP contribution in [0.1, 0.15) is 43.2 Å². The van der Waals surface area contributed by atoms with E-state index in [1.54, 1.807) is 7.11 Å². The average Bonchev–Trinajstić information content (AvgIpc) is 2.30. The number of hydrogen-bond acceptors (Lipinski definition) is 1. The fraction of sp³-hybridized carbons (Fsp3) is 0.571. The molecule has 0 aliphatic carbocycles. The predicted octanol–water partition coefficient (Wildman–Crippen LogP) is 4.72. The first kappa shape index (κ1) is 13.4. The smallest absolute Gasteiger partial charge is 0.123 e. The highest BCUT2D eigenvalue weighted by Crippen LogP contribution is 2.38. The van der Waals surface area contributed by atoms with Crippen molar-refractivity contribution < 1.29 is 4.74 Å². The summed E-state index contributed by atoms with van der Waals surface area (Å²) in [5, 5.41) is 0.0462. The summed E-state index contributed by atoms with van der Waals surface area (Å²) in [6, 6.07) is 6.19. The van der Waals surface area contributed by atoms with Gasteiger partial charge >= 0.3 is 0 Å². The topological polar surface area (TPSA) is 9.23 Å². The summed E-state index contributed by atoms with van der Waals surface area (Å²) < 4.78 is 5.38. The number of methoxy groups -OCH3 is 1. The molecule has 0 fully saturated rings. The molecule has 90 valence electrons. The third-order valence-electron chi connectivity index (χ3n) is 3.14. The number of benzene rings is 1. The quantitative estimate of drug-likeness (QED) is 0.677. The van der Waals surface area contributed by atoms with Crippen molar-refractivity contribution in [2.75, 3.05) is 7.11 Å². The number of rotatable bonds is 5. The molecule has 0 saturated heterocycles. The van der Waals surface area contributed by atoms with Crippen molar-refractivity contribution in [3.63, 3.8) is 0 Å². The van der Waals surface area contributed by atoms with Crippen LogP contribution in [0.2, 0.25) is 0 Å². The van der Waals surface area contributed by atoms with Crippen molar-refractivity contribution in [1.82, 2.24) is 0 Å². The monoisotopic (exact) mass is 240 g/mol. The summed E-state index contributed by atoms with van der Waals surface area (Å²) >= 11 is 6.55. The maximum atomic E-state index is 6.55. The van der Waals surface area contributed by atoms with Crippen LogP contribution in [0.15, 0.2) is 18.2 Å². The van der Waals surface area contributed by atoms with Gasteiger partial charge in [-0.2, -0.15) is 0 Å². The van der Waals surface area contributed by atoms with Gasteiger partial charge in [-0.15, -0.1) is 11.6 Å². The molecular weight excluding hydrogens is 220 g/mol. The van der Waals surface area contributed by atoms with Crippen molar-refractivity contribution in [3.05, 3.63) is 29.3 Å². The lowest BCUT2D eigenvalue weighted by molar-refractivity contribution is 0.398. The first-order chi connectivity index (χ1) is 7.63. The Labute approximate surface area is 104 Å². The molecule has 1 aromatic rings. The lowest BCUT2D eigenvalue weighted by atomic mass is 9.92. The lowest BCUT2D eigenvalue weighted by Crippen LogP contribution is -2.07. The highest BCUT2D eigenvalue weighted by molar-refractivity contribution is 6.21. The maximum absolute atomic E-state index is 6.55. The molecule has 0 saturated carbocycles. The van der Waals surface area contributed by atoms with E-state index in [9.17, 15) is 0 Å². The van der Waals surface area contributed by atoms with Gasteiger partial charge < -0.3 is 4.74 Å². The summed E-state index contributed by atoms with van der Waals surface area (Å²) in [6.07, 6.45) is 2.20. The Bertz CT molecular complexity index is 332. The molecule has 0 heterocycles. The van der Waals surface area contributed by atoms with Crippen LogP contribution in [0.25, 0.3) is 0 Å². The number of ether oxygens (including phenoxy) is 1. The van der Waals surface area contributed by atoms with E-state index in [-0.39, 0.29) is 5.38 Å². The Hall–Kier alpha value is -0.690. The molecular formula is C14H21ClO. The van der Waals surface area contributed by atoms with E-state index >= 15 is 0 Å². The van der Waals surface area contributed by atoms with Crippen LogP contribution >= 0.6 is 11.6 Å². The summed E-state index contributed by atoms with van der Waals surface area (Å²) in [5.41, 5.74) is 2.35. The SMILES string of the molecule is CCC(CC)C(Cl)c1cc(C)ccc1OC. The first-order valence-corrected chi connectivity index (χ1v) is 6.36. The molecule has 0 aromatic heterocycles. The molecule has 1 nitrogen and oxygen atoms in total. The highest BCUT2D eigenvalue weighted by Gasteiger charge is 2.21. The third kappa shape index (κ3) is 2.91. The van der Waals surface area contributed by atoms with E-state index in [0.717, 1.165) is 24.2 Å². The molecule has 2 heteroatoms. The summed E-state index contributed by atoms with van der Waals surface area (Å²) in [4.78, 5) is 0. The van der Waals surface area contributed by atoms with Gasteiger partial charge in [-0.25, -0.2) is 0 Å². The van der Waals surface area contributed by atoms with E-state index in [1.165, 1.54) is 5.56 Å². The number of hydrogen-bond donors (Lipinski definition) is 0. The fourth-order valence-corrected chi connectivity index (χ4v) is 2.55. The van der Waals surface area contributed by atoms with Gasteiger partial charge in [0.2, 0.25) is 0 Å². The summed E-state index contributed by atoms with van der Waals surface area (Å²) in [7, 11) is 1.70. The van der Waals surface area contributed by atoms with Crippen molar-refractivity contribution in [3.8, 4) is 5.75 Å². The lowest BCUT2D eigenvalue weighted by Gasteiger charge is -2.22. The molecule has 16 heavy (non-hydrogen) atoms. The van der Waals surface area contributed by atoms with Gasteiger partial charge in [0.05, 0.1) is 12.5 Å². The normalized spacial score (nSPS) is 12.9. The minimum Gasteiger partial charge on any atom is -0.496 e. The summed E-state index contributed by atoms with van der Waals surface area (Å²) in [6.45, 7) is 6.46. The van der Waals surface area contributed by atoms with Crippen molar-refractivity contribution in [2.45, 2.75) is 39.0 Å². The molecule has 1 aromatic carbocycles. The van der Waals surface area contributed by atoms with Crippen molar-refractivity contribution in [2.24, 2.45) is 5.92 Å². The maximum Gasteiger partial charge on any atom is 0.123 e. The Morgan fingerprint density at radius 2 is 1.88 bits per heavy atom. The van der Waals surface area contributed by atoms with Crippen LogP contribution in [0.3, 0.4) is 0 Å². The highest BCUT2D eigenvalue weighted by atomic mass is 35.5. The minimum absolute atomic E-state index is 0.0462. The second kappa shape index (κ2) is 6.15. The average molecular weight is 241 g/mol. The zero-order valence-electron chi connectivity index (χ0n) is 10.6. The zero-order valence-corrected chi connectivity index (χ0v) is 11.3. The van der Waals surface area contributed by atoms with E-state index in [0.29, 0.717) is 5.92 Å². The van der Waals surface area contributed by atoms with E-state index in [2.05, 4.69) is 32.9 Å². The molecule has 1 rings (SSSR count). The molecule has 1 unspecified atom stereocenters. The Morgan fingerprint density at radius 1 is 1.25 bits per heavy atom. The van der Waals surface area contributed by atoms with Gasteiger partial charge in [0, 0.05) is 5.56 Å². The largest absolute Gasteiger partial charge is 0.496 e. The number of aryl methyl sites for hydroxylation is 1. The zero-order chi connectivity index (χ0) is 12.1. The van der Waals surface area contributed by atoms with Gasteiger partial charge in [0.25, 0.3) is 0 Å². The molecule has 0 bridgehead atoms. The van der Waals surface area contributed by atoms with Crippen LogP contribution in [0.5, 0.6) is 5.75 Å². The number of halogens is 1. The molecule has 0 spiro atoms. The van der Waals surface area contributed by atoms with Gasteiger partial charge in [-0.3, -0.25) is 0 Å². The second-order valence-electron chi connectivity index (χ2n) is 4.22. The van der Waals surface area contributed by atoms with Crippen LogP contribution < -0.4 is 4.74 Å². The van der Waals surface area contributed by atoms with E-state index < -0.39 is 0 Å². The van der Waals surface area contributed by atoms with Gasteiger partial charge in [-0.05, 0) is 18.9 Å². The molecule has 1 atom stereocenters. The van der Waals surface area contributed by atoms with Crippen molar-refractivity contribution in [1.29, 1.82) is 0 Å². The Kier molecular flexibility index (Phi) is 5.14. The number of alkyl halides is 1. The predicted molar refractivity (Wildman–Crippen MR) is 70.4 cm³/mol. The molecule has 0 aliphatic rings. The van der Waals surface area contributed by atoms with Gasteiger partial charge in [-0.1, -0.05) is 44.4 Å².